The maximum atomic E-state index is 14.2. The van der Waals surface area contributed by atoms with Gasteiger partial charge in [0, 0.05) is 10.5 Å². The van der Waals surface area contributed by atoms with Gasteiger partial charge in [-0.05, 0) is 25.5 Å². The maximum Gasteiger partial charge on any atom is 0.254 e. The monoisotopic (exact) mass is 380 g/mol. The van der Waals surface area contributed by atoms with Gasteiger partial charge in [0.15, 0.2) is 5.82 Å². The number of sulfonamides is 1. The fraction of sp³-hybridized carbons (Fsp3) is 0.462. The smallest absolute Gasteiger partial charge is 0.254 e. The van der Waals surface area contributed by atoms with E-state index in [9.17, 15) is 17.6 Å². The molecule has 1 amide bonds. The molecule has 1 unspecified atom stereocenters. The van der Waals surface area contributed by atoms with Crippen LogP contribution in [-0.4, -0.2) is 20.4 Å². The number of nitrogens with one attached hydrogen (secondary N) is 1. The Morgan fingerprint density at radius 2 is 2.10 bits per heavy atom. The van der Waals surface area contributed by atoms with Crippen molar-refractivity contribution in [3.63, 3.8) is 0 Å². The Balaban J connectivity index is 3.08. The van der Waals surface area contributed by atoms with Crippen LogP contribution < -0.4 is 10.5 Å². The van der Waals surface area contributed by atoms with E-state index in [-0.39, 0.29) is 16.1 Å². The van der Waals surface area contributed by atoms with E-state index in [0.717, 1.165) is 25.3 Å². The average Bonchev–Trinajstić information content (AvgIpc) is 2.37. The van der Waals surface area contributed by atoms with Crippen molar-refractivity contribution < 1.29 is 17.6 Å². The van der Waals surface area contributed by atoms with Gasteiger partial charge in [0.1, 0.15) is 4.90 Å². The van der Waals surface area contributed by atoms with Crippen molar-refractivity contribution in [1.82, 2.24) is 5.32 Å². The summed E-state index contributed by atoms with van der Waals surface area (Å²) in [5, 5.41) is 7.58. The van der Waals surface area contributed by atoms with Crippen LogP contribution in [0.15, 0.2) is 21.5 Å². The molecule has 0 aliphatic heterocycles. The summed E-state index contributed by atoms with van der Waals surface area (Å²) < 4.78 is 37.1. The van der Waals surface area contributed by atoms with Gasteiger partial charge in [-0.15, -0.1) is 0 Å². The molecule has 0 aliphatic rings. The third-order valence-corrected chi connectivity index (χ3v) is 4.29. The number of hydrogen-bond acceptors (Lipinski definition) is 3. The molecule has 118 valence electrons. The molecule has 1 atom stereocenters. The number of carbonyl (C=O) groups is 1. The van der Waals surface area contributed by atoms with Crippen LogP contribution in [0.4, 0.5) is 4.39 Å². The highest BCUT2D eigenvalue weighted by Gasteiger charge is 2.23. The zero-order valence-electron chi connectivity index (χ0n) is 11.8. The highest BCUT2D eigenvalue weighted by Crippen LogP contribution is 2.23. The number of rotatable bonds is 6. The first kappa shape index (κ1) is 18.1. The molecule has 5 nitrogen and oxygen atoms in total. The molecular weight excluding hydrogens is 363 g/mol. The van der Waals surface area contributed by atoms with Crippen LogP contribution >= 0.6 is 15.9 Å². The molecular formula is C13H18BrFN2O3S. The lowest BCUT2D eigenvalue weighted by Crippen LogP contribution is -2.33. The fourth-order valence-corrected chi connectivity index (χ4v) is 3.08. The standard InChI is InChI=1S/C13H18BrFN2O3S/c1-3-4-5-8(2)17-13(18)10-6-9(14)7-11(12(10)15)21(16,19)20/h6-8H,3-5H2,1-2H3,(H,17,18)(H2,16,19,20). The number of benzene rings is 1. The first-order valence-electron chi connectivity index (χ1n) is 6.49. The quantitative estimate of drug-likeness (QED) is 0.794. The molecule has 8 heteroatoms. The Kier molecular flexibility index (Phi) is 6.30. The Hall–Kier alpha value is -0.990. The second-order valence-electron chi connectivity index (χ2n) is 4.83. The summed E-state index contributed by atoms with van der Waals surface area (Å²) in [5.41, 5.74) is -0.350. The number of unbranched alkanes of at least 4 members (excludes halogenated alkanes) is 1. The summed E-state index contributed by atoms with van der Waals surface area (Å²) in [5.74, 6) is -1.80. The van der Waals surface area contributed by atoms with Crippen molar-refractivity contribution in [3.8, 4) is 0 Å². The summed E-state index contributed by atoms with van der Waals surface area (Å²) in [6, 6.07) is 2.13. The van der Waals surface area contributed by atoms with Crippen LogP contribution in [0, 0.1) is 5.82 Å². The van der Waals surface area contributed by atoms with Crippen molar-refractivity contribution in [3.05, 3.63) is 28.0 Å². The average molecular weight is 381 g/mol. The van der Waals surface area contributed by atoms with Gasteiger partial charge < -0.3 is 5.32 Å². The van der Waals surface area contributed by atoms with Crippen molar-refractivity contribution in [2.24, 2.45) is 5.14 Å². The molecule has 1 aromatic carbocycles. The van der Waals surface area contributed by atoms with E-state index >= 15 is 0 Å². The van der Waals surface area contributed by atoms with Crippen LogP contribution in [0.2, 0.25) is 0 Å². The molecule has 0 fully saturated rings. The molecule has 3 N–H and O–H groups in total. The minimum atomic E-state index is -4.24. The highest BCUT2D eigenvalue weighted by atomic mass is 79.9. The number of hydrogen-bond donors (Lipinski definition) is 2. The summed E-state index contributed by atoms with van der Waals surface area (Å²) >= 11 is 3.05. The van der Waals surface area contributed by atoms with Gasteiger partial charge in [0.05, 0.1) is 5.56 Å². The van der Waals surface area contributed by atoms with Gasteiger partial charge in [-0.25, -0.2) is 17.9 Å². The van der Waals surface area contributed by atoms with Crippen molar-refractivity contribution in [2.45, 2.75) is 44.0 Å². The fourth-order valence-electron chi connectivity index (χ4n) is 1.82. The van der Waals surface area contributed by atoms with E-state index < -0.39 is 26.6 Å². The zero-order chi connectivity index (χ0) is 16.2. The number of carbonyl (C=O) groups excluding carboxylic acids is 1. The van der Waals surface area contributed by atoms with Crippen LogP contribution in [0.3, 0.4) is 0 Å². The van der Waals surface area contributed by atoms with E-state index in [1.54, 1.807) is 0 Å². The van der Waals surface area contributed by atoms with Crippen LogP contribution in [0.5, 0.6) is 0 Å². The van der Waals surface area contributed by atoms with Gasteiger partial charge in [0.2, 0.25) is 10.0 Å². The van der Waals surface area contributed by atoms with Gasteiger partial charge in [0.25, 0.3) is 5.91 Å². The second-order valence-corrected chi connectivity index (χ2v) is 7.27. The number of primary sulfonamides is 1. The Morgan fingerprint density at radius 1 is 1.48 bits per heavy atom. The minimum absolute atomic E-state index is 0.131. The van der Waals surface area contributed by atoms with Gasteiger partial charge in [-0.3, -0.25) is 4.79 Å². The van der Waals surface area contributed by atoms with E-state index in [0.29, 0.717) is 0 Å². The summed E-state index contributed by atoms with van der Waals surface area (Å²) in [6.07, 6.45) is 2.69. The van der Waals surface area contributed by atoms with Gasteiger partial charge in [-0.2, -0.15) is 0 Å². The minimum Gasteiger partial charge on any atom is -0.349 e. The predicted molar refractivity (Wildman–Crippen MR) is 81.9 cm³/mol. The third-order valence-electron chi connectivity index (χ3n) is 2.92. The van der Waals surface area contributed by atoms with Crippen LogP contribution in [0.25, 0.3) is 0 Å². The highest BCUT2D eigenvalue weighted by molar-refractivity contribution is 9.10. The van der Waals surface area contributed by atoms with E-state index in [2.05, 4.69) is 21.2 Å². The Bertz CT molecular complexity index is 635. The molecule has 0 radical (unpaired) electrons. The molecule has 0 aromatic heterocycles. The number of nitrogens with two attached hydrogens (primary N) is 1. The van der Waals surface area contributed by atoms with Crippen molar-refractivity contribution >= 4 is 31.9 Å². The van der Waals surface area contributed by atoms with Crippen molar-refractivity contribution in [1.29, 1.82) is 0 Å². The Labute approximate surface area is 132 Å². The first-order chi connectivity index (χ1) is 9.66. The van der Waals surface area contributed by atoms with E-state index in [1.807, 2.05) is 13.8 Å². The van der Waals surface area contributed by atoms with Crippen molar-refractivity contribution in [2.75, 3.05) is 0 Å². The normalized spacial score (nSPS) is 13.0. The van der Waals surface area contributed by atoms with Gasteiger partial charge in [-0.1, -0.05) is 35.7 Å². The molecule has 0 bridgehead atoms. The maximum absolute atomic E-state index is 14.2. The molecule has 21 heavy (non-hydrogen) atoms. The first-order valence-corrected chi connectivity index (χ1v) is 8.83. The summed E-state index contributed by atoms with van der Waals surface area (Å²) in [4.78, 5) is 11.4. The molecule has 0 heterocycles. The summed E-state index contributed by atoms with van der Waals surface area (Å²) in [6.45, 7) is 3.84. The van der Waals surface area contributed by atoms with E-state index in [4.69, 9.17) is 5.14 Å². The van der Waals surface area contributed by atoms with Gasteiger partial charge >= 0.3 is 0 Å². The molecule has 1 rings (SSSR count). The lowest BCUT2D eigenvalue weighted by molar-refractivity contribution is 0.0933. The lowest BCUT2D eigenvalue weighted by Gasteiger charge is -2.14. The SMILES string of the molecule is CCCCC(C)NC(=O)c1cc(Br)cc(S(N)(=O)=O)c1F. The molecule has 1 aromatic rings. The molecule has 0 aliphatic carbocycles. The number of amides is 1. The van der Waals surface area contributed by atoms with Crippen LogP contribution in [0.1, 0.15) is 43.5 Å². The molecule has 0 saturated heterocycles. The summed E-state index contributed by atoms with van der Waals surface area (Å²) in [7, 11) is -4.24. The second kappa shape index (κ2) is 7.33. The molecule has 0 saturated carbocycles. The number of halogens is 2. The third kappa shape index (κ3) is 5.05. The predicted octanol–water partition coefficient (Wildman–Crippen LogP) is 2.54. The van der Waals surface area contributed by atoms with E-state index in [1.165, 1.54) is 6.07 Å². The zero-order valence-corrected chi connectivity index (χ0v) is 14.2. The largest absolute Gasteiger partial charge is 0.349 e. The Morgan fingerprint density at radius 3 is 2.62 bits per heavy atom. The van der Waals surface area contributed by atoms with Crippen LogP contribution in [-0.2, 0) is 10.0 Å². The topological polar surface area (TPSA) is 89.3 Å². The molecule has 0 spiro atoms. The lowest BCUT2D eigenvalue weighted by atomic mass is 10.1.